The molecular weight excluding hydrogens is 298 g/mol. The number of anilines is 2. The number of rotatable bonds is 1. The number of nitrogens with zero attached hydrogens (tertiary/aromatic N) is 2. The van der Waals surface area contributed by atoms with Crippen LogP contribution in [0.3, 0.4) is 0 Å². The van der Waals surface area contributed by atoms with E-state index in [1.54, 1.807) is 46.7 Å². The van der Waals surface area contributed by atoms with Crippen molar-refractivity contribution >= 4 is 28.6 Å². The molecule has 0 spiro atoms. The highest BCUT2D eigenvalue weighted by Crippen LogP contribution is 2.40. The van der Waals surface area contributed by atoms with Crippen molar-refractivity contribution in [2.45, 2.75) is 6.42 Å². The quantitative estimate of drug-likeness (QED) is 0.701. The number of aromatic nitrogens is 1. The lowest BCUT2D eigenvalue weighted by atomic mass is 10.1. The number of hydrogen-bond acceptors (Lipinski definition) is 5. The first-order valence-electron chi connectivity index (χ1n) is 6.93. The summed E-state index contributed by atoms with van der Waals surface area (Å²) in [7, 11) is 0. The Labute approximate surface area is 131 Å². The summed E-state index contributed by atoms with van der Waals surface area (Å²) in [5, 5.41) is 5.84. The van der Waals surface area contributed by atoms with E-state index in [0.717, 1.165) is 28.3 Å². The van der Waals surface area contributed by atoms with Crippen LogP contribution in [0.2, 0.25) is 0 Å². The Kier molecular flexibility index (Phi) is 2.97. The van der Waals surface area contributed by atoms with Gasteiger partial charge in [-0.1, -0.05) is 5.16 Å². The van der Waals surface area contributed by atoms with Crippen LogP contribution in [0.4, 0.5) is 11.4 Å². The summed E-state index contributed by atoms with van der Waals surface area (Å²) >= 11 is 1.56. The molecule has 1 aliphatic rings. The molecule has 0 saturated carbocycles. The molecule has 6 heteroatoms. The van der Waals surface area contributed by atoms with E-state index in [4.69, 9.17) is 10.3 Å². The number of carbonyl (C=O) groups is 1. The molecule has 1 aliphatic heterocycles. The summed E-state index contributed by atoms with van der Waals surface area (Å²) in [6.07, 6.45) is 2.46. The average molecular weight is 311 g/mol. The number of hydrogen-bond donors (Lipinski definition) is 1. The normalized spacial score (nSPS) is 13.4. The lowest BCUT2D eigenvalue weighted by Crippen LogP contribution is -2.32. The number of carbonyl (C=O) groups excluding carboxylic acids is 1. The number of benzene rings is 1. The van der Waals surface area contributed by atoms with Gasteiger partial charge in [0, 0.05) is 23.4 Å². The SMILES string of the molecule is Nc1ccc(C(=O)N2CCc3cnoc3-c3sccc32)cc1. The van der Waals surface area contributed by atoms with Gasteiger partial charge < -0.3 is 15.2 Å². The zero-order chi connectivity index (χ0) is 15.1. The van der Waals surface area contributed by atoms with E-state index in [2.05, 4.69) is 5.16 Å². The summed E-state index contributed by atoms with van der Waals surface area (Å²) in [6.45, 7) is 0.598. The molecule has 2 aromatic heterocycles. The van der Waals surface area contributed by atoms with Crippen molar-refractivity contribution in [3.05, 3.63) is 53.0 Å². The lowest BCUT2D eigenvalue weighted by molar-refractivity contribution is 0.0987. The van der Waals surface area contributed by atoms with Gasteiger partial charge in [0.15, 0.2) is 5.76 Å². The predicted octanol–water partition coefficient (Wildman–Crippen LogP) is 3.19. The molecule has 5 nitrogen and oxygen atoms in total. The molecule has 0 unspecified atom stereocenters. The van der Waals surface area contributed by atoms with Crippen molar-refractivity contribution < 1.29 is 9.32 Å². The maximum atomic E-state index is 12.8. The molecule has 0 saturated heterocycles. The molecule has 1 amide bonds. The molecule has 1 aromatic carbocycles. The standard InChI is InChI=1S/C16H13N3O2S/c17-12-3-1-10(2-4-12)16(20)19-7-5-11-9-18-21-14(11)15-13(19)6-8-22-15/h1-4,6,8-9H,5,7,17H2. The molecule has 0 bridgehead atoms. The highest BCUT2D eigenvalue weighted by molar-refractivity contribution is 7.14. The molecule has 0 radical (unpaired) electrons. The van der Waals surface area contributed by atoms with Gasteiger partial charge in [0.1, 0.15) is 0 Å². The van der Waals surface area contributed by atoms with E-state index in [1.165, 1.54) is 0 Å². The van der Waals surface area contributed by atoms with E-state index in [1.807, 2.05) is 11.4 Å². The monoisotopic (exact) mass is 311 g/mol. The van der Waals surface area contributed by atoms with Gasteiger partial charge in [0.2, 0.25) is 0 Å². The Balaban J connectivity index is 1.76. The third-order valence-corrected chi connectivity index (χ3v) is 4.70. The summed E-state index contributed by atoms with van der Waals surface area (Å²) in [6, 6.07) is 8.95. The molecule has 0 fully saturated rings. The molecule has 3 heterocycles. The van der Waals surface area contributed by atoms with Crippen LogP contribution in [0.15, 0.2) is 46.4 Å². The van der Waals surface area contributed by atoms with E-state index in [-0.39, 0.29) is 5.91 Å². The van der Waals surface area contributed by atoms with Gasteiger partial charge in [0.05, 0.1) is 16.8 Å². The zero-order valence-corrected chi connectivity index (χ0v) is 12.5. The summed E-state index contributed by atoms with van der Waals surface area (Å²) in [4.78, 5) is 15.6. The third kappa shape index (κ3) is 2.00. The van der Waals surface area contributed by atoms with Crippen LogP contribution in [0.5, 0.6) is 0 Å². The fourth-order valence-corrected chi connectivity index (χ4v) is 3.56. The van der Waals surface area contributed by atoms with Crippen LogP contribution in [0.1, 0.15) is 15.9 Å². The highest BCUT2D eigenvalue weighted by atomic mass is 32.1. The van der Waals surface area contributed by atoms with Gasteiger partial charge >= 0.3 is 0 Å². The van der Waals surface area contributed by atoms with Gasteiger partial charge in [-0.3, -0.25) is 4.79 Å². The van der Waals surface area contributed by atoms with Gasteiger partial charge in [-0.15, -0.1) is 11.3 Å². The Morgan fingerprint density at radius 3 is 2.91 bits per heavy atom. The molecule has 0 atom stereocenters. The molecule has 110 valence electrons. The van der Waals surface area contributed by atoms with Crippen LogP contribution >= 0.6 is 11.3 Å². The summed E-state index contributed by atoms with van der Waals surface area (Å²) in [5.74, 6) is 0.746. The number of nitrogen functional groups attached to an aromatic ring is 1. The minimum absolute atomic E-state index is 0.0298. The van der Waals surface area contributed by atoms with Crippen molar-refractivity contribution in [1.29, 1.82) is 0 Å². The molecule has 22 heavy (non-hydrogen) atoms. The minimum Gasteiger partial charge on any atom is -0.399 e. The first-order valence-corrected chi connectivity index (χ1v) is 7.81. The maximum Gasteiger partial charge on any atom is 0.258 e. The van der Waals surface area contributed by atoms with Crippen LogP contribution in [0.25, 0.3) is 10.6 Å². The number of nitrogens with two attached hydrogens (primary N) is 1. The van der Waals surface area contributed by atoms with Crippen molar-refractivity contribution in [3.63, 3.8) is 0 Å². The minimum atomic E-state index is -0.0298. The smallest absolute Gasteiger partial charge is 0.258 e. The summed E-state index contributed by atoms with van der Waals surface area (Å²) < 4.78 is 5.38. The van der Waals surface area contributed by atoms with E-state index in [9.17, 15) is 4.79 Å². The number of thiophene rings is 1. The number of amides is 1. The average Bonchev–Trinajstić information content (AvgIpc) is 3.15. The van der Waals surface area contributed by atoms with Crippen molar-refractivity contribution in [3.8, 4) is 10.6 Å². The van der Waals surface area contributed by atoms with Crippen LogP contribution in [-0.2, 0) is 6.42 Å². The van der Waals surface area contributed by atoms with Crippen LogP contribution in [0, 0.1) is 0 Å². The van der Waals surface area contributed by atoms with Gasteiger partial charge in [0.25, 0.3) is 5.91 Å². The van der Waals surface area contributed by atoms with Crippen molar-refractivity contribution in [1.82, 2.24) is 5.16 Å². The molecule has 2 N–H and O–H groups in total. The first-order chi connectivity index (χ1) is 10.7. The third-order valence-electron chi connectivity index (χ3n) is 3.79. The zero-order valence-electron chi connectivity index (χ0n) is 11.7. The Morgan fingerprint density at radius 2 is 2.09 bits per heavy atom. The second-order valence-electron chi connectivity index (χ2n) is 5.14. The lowest BCUT2D eigenvalue weighted by Gasteiger charge is -2.21. The van der Waals surface area contributed by atoms with Crippen molar-refractivity contribution in [2.75, 3.05) is 17.2 Å². The van der Waals surface area contributed by atoms with Gasteiger partial charge in [-0.25, -0.2) is 0 Å². The topological polar surface area (TPSA) is 72.4 Å². The maximum absolute atomic E-state index is 12.8. The van der Waals surface area contributed by atoms with Gasteiger partial charge in [-0.05, 0) is 42.1 Å². The largest absolute Gasteiger partial charge is 0.399 e. The molecule has 3 aromatic rings. The molecular formula is C16H13N3O2S. The fraction of sp³-hybridized carbons (Fsp3) is 0.125. The highest BCUT2D eigenvalue weighted by Gasteiger charge is 2.28. The van der Waals surface area contributed by atoms with E-state index in [0.29, 0.717) is 17.8 Å². The predicted molar refractivity (Wildman–Crippen MR) is 86.1 cm³/mol. The van der Waals surface area contributed by atoms with Gasteiger partial charge in [-0.2, -0.15) is 0 Å². The molecule has 0 aliphatic carbocycles. The number of fused-ring (bicyclic) bond motifs is 3. The Morgan fingerprint density at radius 1 is 1.27 bits per heavy atom. The fourth-order valence-electron chi connectivity index (χ4n) is 2.66. The van der Waals surface area contributed by atoms with E-state index >= 15 is 0 Å². The second-order valence-corrected chi connectivity index (χ2v) is 6.06. The molecule has 4 rings (SSSR count). The Hall–Kier alpha value is -2.60. The van der Waals surface area contributed by atoms with Crippen LogP contribution in [-0.4, -0.2) is 17.6 Å². The van der Waals surface area contributed by atoms with Crippen molar-refractivity contribution in [2.24, 2.45) is 0 Å². The first kappa shape index (κ1) is 13.1. The Bertz CT molecular complexity index is 835. The summed E-state index contributed by atoms with van der Waals surface area (Å²) in [5.41, 5.74) is 8.88. The second kappa shape index (κ2) is 4.99. The van der Waals surface area contributed by atoms with Crippen LogP contribution < -0.4 is 10.6 Å². The van der Waals surface area contributed by atoms with E-state index < -0.39 is 0 Å².